The molecule has 1 aliphatic heterocycles. The Morgan fingerprint density at radius 1 is 1.39 bits per heavy atom. The number of aliphatic imine (C=N–C) groups is 1. The number of nitrogens with one attached hydrogen (secondary N) is 1. The molecule has 1 fully saturated rings. The van der Waals surface area contributed by atoms with Crippen LogP contribution >= 0.6 is 11.8 Å². The van der Waals surface area contributed by atoms with Crippen molar-refractivity contribution in [2.75, 3.05) is 5.75 Å². The van der Waals surface area contributed by atoms with Crippen molar-refractivity contribution in [3.05, 3.63) is 34.6 Å². The molecule has 1 aromatic rings. The van der Waals surface area contributed by atoms with Crippen molar-refractivity contribution in [2.45, 2.75) is 39.8 Å². The van der Waals surface area contributed by atoms with Gasteiger partial charge < -0.3 is 5.32 Å². The molecular formula is C14H19FN2S. The summed E-state index contributed by atoms with van der Waals surface area (Å²) >= 11 is 1.76. The maximum atomic E-state index is 13.5. The summed E-state index contributed by atoms with van der Waals surface area (Å²) in [6.45, 7) is 6.38. The van der Waals surface area contributed by atoms with Crippen LogP contribution in [0.4, 0.5) is 4.39 Å². The second kappa shape index (κ2) is 5.74. The Bertz CT molecular complexity index is 448. The van der Waals surface area contributed by atoms with E-state index in [1.807, 2.05) is 12.1 Å². The highest BCUT2D eigenvalue weighted by molar-refractivity contribution is 8.13. The lowest BCUT2D eigenvalue weighted by Crippen LogP contribution is -2.35. The number of amidine groups is 1. The van der Waals surface area contributed by atoms with Gasteiger partial charge in [-0.1, -0.05) is 23.9 Å². The lowest BCUT2D eigenvalue weighted by molar-refractivity contribution is 0.608. The molecule has 18 heavy (non-hydrogen) atoms. The summed E-state index contributed by atoms with van der Waals surface area (Å²) < 4.78 is 13.5. The minimum Gasteiger partial charge on any atom is -0.362 e. The zero-order valence-corrected chi connectivity index (χ0v) is 11.9. The lowest BCUT2D eigenvalue weighted by atomic mass is 10.1. The van der Waals surface area contributed by atoms with Crippen LogP contribution in [0.1, 0.15) is 30.0 Å². The van der Waals surface area contributed by atoms with Crippen molar-refractivity contribution >= 4 is 16.9 Å². The molecule has 1 unspecified atom stereocenters. The van der Waals surface area contributed by atoms with Gasteiger partial charge in [0.1, 0.15) is 5.82 Å². The number of thioether (sulfide) groups is 1. The molecule has 1 atom stereocenters. The molecule has 1 aliphatic rings. The average molecular weight is 266 g/mol. The highest BCUT2D eigenvalue weighted by atomic mass is 32.2. The van der Waals surface area contributed by atoms with E-state index in [0.717, 1.165) is 16.5 Å². The zero-order valence-electron chi connectivity index (χ0n) is 11.1. The maximum Gasteiger partial charge on any atom is 0.157 e. The van der Waals surface area contributed by atoms with Crippen LogP contribution in [0.15, 0.2) is 17.1 Å². The van der Waals surface area contributed by atoms with E-state index < -0.39 is 0 Å². The van der Waals surface area contributed by atoms with Crippen LogP contribution in [0.5, 0.6) is 0 Å². The van der Waals surface area contributed by atoms with Gasteiger partial charge in [-0.3, -0.25) is 4.99 Å². The van der Waals surface area contributed by atoms with Crippen molar-refractivity contribution < 1.29 is 4.39 Å². The fourth-order valence-corrected chi connectivity index (χ4v) is 3.14. The summed E-state index contributed by atoms with van der Waals surface area (Å²) in [5.41, 5.74) is 2.46. The molecule has 2 nitrogen and oxygen atoms in total. The topological polar surface area (TPSA) is 24.4 Å². The zero-order chi connectivity index (χ0) is 13.1. The van der Waals surface area contributed by atoms with Crippen LogP contribution in [-0.2, 0) is 6.54 Å². The molecule has 4 heteroatoms. The summed E-state index contributed by atoms with van der Waals surface area (Å²) in [4.78, 5) is 4.56. The van der Waals surface area contributed by atoms with Crippen LogP contribution in [0.3, 0.4) is 0 Å². The molecule has 0 saturated carbocycles. The van der Waals surface area contributed by atoms with Gasteiger partial charge in [0.05, 0.1) is 6.54 Å². The molecule has 0 bridgehead atoms. The Labute approximate surface area is 112 Å². The van der Waals surface area contributed by atoms with E-state index in [-0.39, 0.29) is 5.82 Å². The Morgan fingerprint density at radius 2 is 2.06 bits per heavy atom. The number of halogens is 1. The third kappa shape index (κ3) is 3.25. The molecule has 0 aromatic heterocycles. The fraction of sp³-hybridized carbons (Fsp3) is 0.500. The van der Waals surface area contributed by atoms with Crippen molar-refractivity contribution in [3.8, 4) is 0 Å². The normalized spacial score (nSPS) is 22.0. The summed E-state index contributed by atoms with van der Waals surface area (Å²) in [6.07, 6.45) is 1.18. The van der Waals surface area contributed by atoms with Gasteiger partial charge in [-0.15, -0.1) is 0 Å². The minimum atomic E-state index is -0.106. The van der Waals surface area contributed by atoms with Gasteiger partial charge in [-0.25, -0.2) is 4.39 Å². The highest BCUT2D eigenvalue weighted by Gasteiger charge is 2.12. The number of hydrogen-bond donors (Lipinski definition) is 1. The first-order valence-corrected chi connectivity index (χ1v) is 7.24. The van der Waals surface area contributed by atoms with Crippen LogP contribution < -0.4 is 5.32 Å². The average Bonchev–Trinajstić information content (AvgIpc) is 2.33. The third-order valence-corrected chi connectivity index (χ3v) is 4.02. The quantitative estimate of drug-likeness (QED) is 0.887. The first kappa shape index (κ1) is 13.4. The molecule has 1 heterocycles. The standard InChI is InChI=1S/C14H19FN2S/c1-9-6-12(7-10(2)13(9)15)8-16-14-17-11(3)4-5-18-14/h6-7,11H,4-5,8H2,1-3H3,(H,16,17). The Hall–Kier alpha value is -1.03. The monoisotopic (exact) mass is 266 g/mol. The summed E-state index contributed by atoms with van der Waals surface area (Å²) in [5.74, 6) is 1.01. The second-order valence-corrected chi connectivity index (χ2v) is 5.93. The van der Waals surface area contributed by atoms with E-state index in [1.54, 1.807) is 25.6 Å². The number of nitrogens with zero attached hydrogens (tertiary/aromatic N) is 1. The number of benzene rings is 1. The van der Waals surface area contributed by atoms with Crippen molar-refractivity contribution in [3.63, 3.8) is 0 Å². The maximum absolute atomic E-state index is 13.5. The Morgan fingerprint density at radius 3 is 2.67 bits per heavy atom. The van der Waals surface area contributed by atoms with E-state index in [4.69, 9.17) is 0 Å². The summed E-state index contributed by atoms with van der Waals surface area (Å²) in [6, 6.07) is 4.26. The molecule has 1 saturated heterocycles. The van der Waals surface area contributed by atoms with E-state index in [1.165, 1.54) is 6.42 Å². The molecule has 1 N–H and O–H groups in total. The van der Waals surface area contributed by atoms with Gasteiger partial charge in [-0.05, 0) is 43.9 Å². The minimum absolute atomic E-state index is 0.106. The molecule has 0 aliphatic carbocycles. The summed E-state index contributed by atoms with van der Waals surface area (Å²) in [5, 5.41) is 4.37. The van der Waals surface area contributed by atoms with E-state index >= 15 is 0 Å². The highest BCUT2D eigenvalue weighted by Crippen LogP contribution is 2.17. The SMILES string of the molecule is Cc1cc(CN=C2NC(C)CCS2)cc(C)c1F. The molecule has 0 spiro atoms. The second-order valence-electron chi connectivity index (χ2n) is 4.85. The van der Waals surface area contributed by atoms with E-state index in [0.29, 0.717) is 23.7 Å². The van der Waals surface area contributed by atoms with Crippen LogP contribution in [-0.4, -0.2) is 17.0 Å². The predicted octanol–water partition coefficient (Wildman–Crippen LogP) is 3.41. The predicted molar refractivity (Wildman–Crippen MR) is 76.7 cm³/mol. The van der Waals surface area contributed by atoms with E-state index in [2.05, 4.69) is 17.2 Å². The van der Waals surface area contributed by atoms with Crippen LogP contribution in [0.2, 0.25) is 0 Å². The number of hydrogen-bond acceptors (Lipinski definition) is 2. The number of aryl methyl sites for hydroxylation is 2. The molecule has 0 amide bonds. The molecule has 0 radical (unpaired) electrons. The van der Waals surface area contributed by atoms with Crippen molar-refractivity contribution in [1.29, 1.82) is 0 Å². The van der Waals surface area contributed by atoms with Crippen molar-refractivity contribution in [2.24, 2.45) is 4.99 Å². The van der Waals surface area contributed by atoms with Crippen LogP contribution in [0.25, 0.3) is 0 Å². The molecule has 98 valence electrons. The first-order chi connectivity index (χ1) is 8.56. The summed E-state index contributed by atoms with van der Waals surface area (Å²) in [7, 11) is 0. The Kier molecular flexibility index (Phi) is 4.27. The fourth-order valence-electron chi connectivity index (χ4n) is 2.04. The van der Waals surface area contributed by atoms with Gasteiger partial charge in [0, 0.05) is 11.8 Å². The van der Waals surface area contributed by atoms with Gasteiger partial charge in [0.15, 0.2) is 5.17 Å². The van der Waals surface area contributed by atoms with Gasteiger partial charge in [0.25, 0.3) is 0 Å². The van der Waals surface area contributed by atoms with Gasteiger partial charge in [-0.2, -0.15) is 0 Å². The third-order valence-electron chi connectivity index (χ3n) is 3.06. The molecule has 1 aromatic carbocycles. The smallest absolute Gasteiger partial charge is 0.157 e. The molecular weight excluding hydrogens is 247 g/mol. The van der Waals surface area contributed by atoms with E-state index in [9.17, 15) is 4.39 Å². The molecule has 2 rings (SSSR count). The lowest BCUT2D eigenvalue weighted by Gasteiger charge is -2.21. The largest absolute Gasteiger partial charge is 0.362 e. The first-order valence-electron chi connectivity index (χ1n) is 6.25. The van der Waals surface area contributed by atoms with Gasteiger partial charge >= 0.3 is 0 Å². The van der Waals surface area contributed by atoms with Gasteiger partial charge in [0.2, 0.25) is 0 Å². The van der Waals surface area contributed by atoms with Crippen molar-refractivity contribution in [1.82, 2.24) is 5.32 Å². The number of rotatable bonds is 2. The Balaban J connectivity index is 2.08. The van der Waals surface area contributed by atoms with Crippen LogP contribution in [0, 0.1) is 19.7 Å².